The highest BCUT2D eigenvalue weighted by Crippen LogP contribution is 2.32. The summed E-state index contributed by atoms with van der Waals surface area (Å²) in [6.45, 7) is 1.17. The summed E-state index contributed by atoms with van der Waals surface area (Å²) in [5.41, 5.74) is 0. The maximum absolute atomic E-state index is 10.3. The van der Waals surface area contributed by atoms with Crippen molar-refractivity contribution < 1.29 is 13.5 Å². The van der Waals surface area contributed by atoms with E-state index >= 15 is 0 Å². The predicted molar refractivity (Wildman–Crippen MR) is 42.7 cm³/mol. The lowest BCUT2D eigenvalue weighted by Crippen LogP contribution is -2.19. The molecule has 6 heteroatoms. The lowest BCUT2D eigenvalue weighted by molar-refractivity contribution is 0.276. The first kappa shape index (κ1) is 10.0. The average molecular weight is 281 g/mol. The molecule has 0 aliphatic rings. The van der Waals surface area contributed by atoms with Crippen molar-refractivity contribution in [3.05, 3.63) is 6.61 Å². The van der Waals surface area contributed by atoms with Gasteiger partial charge in [-0.2, -0.15) is 0 Å². The smallest absolute Gasteiger partial charge is 0.208 e. The minimum absolute atomic E-state index is 1.14. The Kier molecular flexibility index (Phi) is 4.48. The molecule has 0 aromatic carbocycles. The third-order valence-corrected chi connectivity index (χ3v) is 3.09. The number of halogens is 2. The Bertz CT molecular complexity index is 116. The summed E-state index contributed by atoms with van der Waals surface area (Å²) >= 11 is 3.76. The zero-order valence-corrected chi connectivity index (χ0v) is 8.49. The molecule has 1 radical (unpaired) electrons. The maximum atomic E-state index is 10.3. The number of ether oxygens (including phenoxy) is 1. The number of alkyl halides is 2. The SMILES string of the molecule is CO[CH]C(Br)(Br)S(=O)O. The second-order valence-electron chi connectivity index (χ2n) is 1.16. The van der Waals surface area contributed by atoms with Crippen LogP contribution < -0.4 is 0 Å². The van der Waals surface area contributed by atoms with Crippen LogP contribution >= 0.6 is 31.9 Å². The molecule has 0 amide bonds. The van der Waals surface area contributed by atoms with Crippen molar-refractivity contribution in [3.63, 3.8) is 0 Å². The molecule has 0 bridgehead atoms. The zero-order valence-electron chi connectivity index (χ0n) is 4.51. The minimum atomic E-state index is -2.02. The largest absolute Gasteiger partial charge is 0.375 e. The third-order valence-electron chi connectivity index (χ3n) is 0.488. The Labute approximate surface area is 72.7 Å². The molecule has 0 aromatic heterocycles. The van der Waals surface area contributed by atoms with Crippen LogP contribution in [0.3, 0.4) is 0 Å². The Balaban J connectivity index is 3.85. The van der Waals surface area contributed by atoms with E-state index in [1.54, 1.807) is 0 Å². The predicted octanol–water partition coefficient (Wildman–Crippen LogP) is 1.46. The van der Waals surface area contributed by atoms with Crippen LogP contribution in [0.1, 0.15) is 0 Å². The van der Waals surface area contributed by atoms with E-state index in [2.05, 4.69) is 36.6 Å². The molecule has 0 aliphatic heterocycles. The van der Waals surface area contributed by atoms with Crippen molar-refractivity contribution in [1.29, 1.82) is 0 Å². The van der Waals surface area contributed by atoms with Crippen LogP contribution in [-0.2, 0) is 15.8 Å². The standard InChI is InChI=1S/C3H5Br2O3S/c1-8-2-3(4,5)9(6)7/h2H,1H3,(H,6,7). The van der Waals surface area contributed by atoms with Crippen LogP contribution in [0.4, 0.5) is 0 Å². The van der Waals surface area contributed by atoms with Crippen LogP contribution in [0.15, 0.2) is 0 Å². The number of methoxy groups -OCH3 is 1. The number of hydrogen-bond donors (Lipinski definition) is 1. The first-order chi connectivity index (χ1) is 4.00. The van der Waals surface area contributed by atoms with Gasteiger partial charge in [-0.1, -0.05) is 31.9 Å². The lowest BCUT2D eigenvalue weighted by Gasteiger charge is -2.12. The quantitative estimate of drug-likeness (QED) is 0.629. The van der Waals surface area contributed by atoms with Crippen molar-refractivity contribution in [2.24, 2.45) is 0 Å². The third kappa shape index (κ3) is 3.67. The molecule has 0 fully saturated rings. The van der Waals surface area contributed by atoms with Crippen LogP contribution in [0, 0.1) is 6.61 Å². The molecule has 0 spiro atoms. The van der Waals surface area contributed by atoms with Gasteiger partial charge in [0.15, 0.2) is 11.1 Å². The monoisotopic (exact) mass is 279 g/mol. The van der Waals surface area contributed by atoms with Crippen molar-refractivity contribution in [1.82, 2.24) is 0 Å². The van der Waals surface area contributed by atoms with Gasteiger partial charge in [-0.25, -0.2) is 4.21 Å². The molecule has 3 nitrogen and oxygen atoms in total. The van der Waals surface area contributed by atoms with E-state index in [1.807, 2.05) is 0 Å². The molecule has 0 heterocycles. The molecule has 9 heavy (non-hydrogen) atoms. The van der Waals surface area contributed by atoms with Crippen LogP contribution in [0.5, 0.6) is 0 Å². The summed E-state index contributed by atoms with van der Waals surface area (Å²) in [7, 11) is 1.39. The molecule has 1 N–H and O–H groups in total. The first-order valence-electron chi connectivity index (χ1n) is 1.86. The average Bonchev–Trinajstić information content (AvgIpc) is 1.65. The van der Waals surface area contributed by atoms with Gasteiger partial charge in [0.2, 0.25) is 2.57 Å². The van der Waals surface area contributed by atoms with E-state index < -0.39 is 13.6 Å². The molecule has 0 saturated heterocycles. The van der Waals surface area contributed by atoms with Gasteiger partial charge in [-0.05, 0) is 0 Å². The van der Waals surface area contributed by atoms with Crippen molar-refractivity contribution in [2.75, 3.05) is 7.11 Å². The second kappa shape index (κ2) is 4.02. The minimum Gasteiger partial charge on any atom is -0.375 e. The molecule has 55 valence electrons. The van der Waals surface area contributed by atoms with Crippen molar-refractivity contribution in [3.8, 4) is 0 Å². The van der Waals surface area contributed by atoms with Crippen molar-refractivity contribution >= 4 is 42.9 Å². The number of rotatable bonds is 3. The molecule has 1 atom stereocenters. The van der Waals surface area contributed by atoms with Gasteiger partial charge in [0.05, 0.1) is 0 Å². The molecule has 0 aromatic rings. The van der Waals surface area contributed by atoms with Crippen LogP contribution in [-0.4, -0.2) is 18.4 Å². The fraction of sp³-hybridized carbons (Fsp3) is 0.667. The van der Waals surface area contributed by atoms with E-state index in [9.17, 15) is 4.21 Å². The fourth-order valence-electron chi connectivity index (χ4n) is 0.178. The Morgan fingerprint density at radius 3 is 2.33 bits per heavy atom. The Morgan fingerprint density at radius 2 is 2.22 bits per heavy atom. The summed E-state index contributed by atoms with van der Waals surface area (Å²) in [5.74, 6) is 0. The van der Waals surface area contributed by atoms with Gasteiger partial charge in [0.1, 0.15) is 6.61 Å². The van der Waals surface area contributed by atoms with E-state index in [1.165, 1.54) is 13.7 Å². The molecule has 0 aliphatic carbocycles. The highest BCUT2D eigenvalue weighted by molar-refractivity contribution is 9.27. The maximum Gasteiger partial charge on any atom is 0.208 e. The summed E-state index contributed by atoms with van der Waals surface area (Å²) in [6, 6.07) is 0. The molecular weight excluding hydrogens is 276 g/mol. The lowest BCUT2D eigenvalue weighted by atomic mass is 10.9. The summed E-state index contributed by atoms with van der Waals surface area (Å²) in [6.07, 6.45) is 0. The fourth-order valence-corrected chi connectivity index (χ4v) is 0.731. The van der Waals surface area contributed by atoms with Gasteiger partial charge in [-0.3, -0.25) is 0 Å². The van der Waals surface area contributed by atoms with E-state index in [-0.39, 0.29) is 0 Å². The summed E-state index contributed by atoms with van der Waals surface area (Å²) in [4.78, 5) is 0. The van der Waals surface area contributed by atoms with Crippen LogP contribution in [0.2, 0.25) is 0 Å². The zero-order chi connectivity index (χ0) is 7.49. The molecule has 0 rings (SSSR count). The van der Waals surface area contributed by atoms with Crippen LogP contribution in [0.25, 0.3) is 0 Å². The summed E-state index contributed by atoms with van der Waals surface area (Å²) in [5, 5.41) is 0. The second-order valence-corrected chi connectivity index (χ2v) is 6.92. The molecular formula is C3H5Br2O3S. The van der Waals surface area contributed by atoms with Gasteiger partial charge >= 0.3 is 0 Å². The van der Waals surface area contributed by atoms with E-state index in [4.69, 9.17) is 4.55 Å². The topological polar surface area (TPSA) is 46.5 Å². The normalized spacial score (nSPS) is 15.6. The first-order valence-corrected chi connectivity index (χ1v) is 4.56. The Morgan fingerprint density at radius 1 is 1.78 bits per heavy atom. The Hall–Kier alpha value is 1.03. The highest BCUT2D eigenvalue weighted by atomic mass is 79.9. The van der Waals surface area contributed by atoms with Crippen molar-refractivity contribution in [2.45, 2.75) is 2.57 Å². The molecule has 0 saturated carbocycles. The molecule has 1 unspecified atom stereocenters. The summed E-state index contributed by atoms with van der Waals surface area (Å²) < 4.78 is 22.1. The van der Waals surface area contributed by atoms with Gasteiger partial charge in [-0.15, -0.1) is 0 Å². The van der Waals surface area contributed by atoms with E-state index in [0.717, 1.165) is 0 Å². The number of hydrogen-bond acceptors (Lipinski definition) is 2. The van der Waals surface area contributed by atoms with Gasteiger partial charge in [0, 0.05) is 7.11 Å². The highest BCUT2D eigenvalue weighted by Gasteiger charge is 2.30. The van der Waals surface area contributed by atoms with Gasteiger partial charge in [0.25, 0.3) is 0 Å². The van der Waals surface area contributed by atoms with Gasteiger partial charge < -0.3 is 9.29 Å². The van der Waals surface area contributed by atoms with E-state index in [0.29, 0.717) is 0 Å².